The van der Waals surface area contributed by atoms with E-state index >= 15 is 0 Å². The predicted octanol–water partition coefficient (Wildman–Crippen LogP) is 4.05. The average Bonchev–Trinajstić information content (AvgIpc) is 3.24. The standard InChI is InChI=1S/C16H11F2N5OS/c1-8-4-9(15-20-6-12(25-15)10-2-3-21-23-10)14-11(5-8)22-13(7-19-14)24-16(17)18/h2-7,16H,1H3,(H,21,23). The number of ether oxygens (including phenoxy) is 1. The van der Waals surface area contributed by atoms with Gasteiger partial charge in [0, 0.05) is 18.0 Å². The third kappa shape index (κ3) is 3.05. The van der Waals surface area contributed by atoms with Crippen LogP contribution in [0.3, 0.4) is 0 Å². The summed E-state index contributed by atoms with van der Waals surface area (Å²) in [6.07, 6.45) is 4.62. The van der Waals surface area contributed by atoms with Gasteiger partial charge >= 0.3 is 6.61 Å². The molecule has 4 rings (SSSR count). The van der Waals surface area contributed by atoms with Crippen LogP contribution in [0.25, 0.3) is 32.2 Å². The van der Waals surface area contributed by atoms with Crippen LogP contribution in [0, 0.1) is 6.92 Å². The smallest absolute Gasteiger partial charge is 0.388 e. The first-order chi connectivity index (χ1) is 12.1. The molecule has 0 bridgehead atoms. The largest absolute Gasteiger partial charge is 0.415 e. The van der Waals surface area contributed by atoms with Crippen LogP contribution < -0.4 is 4.74 Å². The number of halogens is 2. The number of aromatic nitrogens is 5. The van der Waals surface area contributed by atoms with Crippen LogP contribution in [0.15, 0.2) is 36.8 Å². The van der Waals surface area contributed by atoms with Crippen molar-refractivity contribution in [3.8, 4) is 27.0 Å². The number of benzene rings is 1. The Bertz CT molecular complexity index is 1030. The summed E-state index contributed by atoms with van der Waals surface area (Å²) in [4.78, 5) is 13.8. The SMILES string of the molecule is Cc1cc(-c2ncc(-c3ccn[nH]3)s2)c2ncc(OC(F)F)nc2c1. The molecule has 0 spiro atoms. The normalized spacial score (nSPS) is 11.4. The van der Waals surface area contributed by atoms with Gasteiger partial charge in [-0.25, -0.2) is 15.0 Å². The van der Waals surface area contributed by atoms with Gasteiger partial charge < -0.3 is 4.74 Å². The summed E-state index contributed by atoms with van der Waals surface area (Å²) >= 11 is 1.48. The van der Waals surface area contributed by atoms with Gasteiger partial charge in [-0.1, -0.05) is 0 Å². The van der Waals surface area contributed by atoms with E-state index in [-0.39, 0.29) is 5.88 Å². The van der Waals surface area contributed by atoms with E-state index in [0.717, 1.165) is 26.7 Å². The highest BCUT2D eigenvalue weighted by Gasteiger charge is 2.14. The van der Waals surface area contributed by atoms with Crippen LogP contribution in [0.4, 0.5) is 8.78 Å². The lowest BCUT2D eigenvalue weighted by atomic mass is 10.1. The van der Waals surface area contributed by atoms with Gasteiger partial charge in [0.2, 0.25) is 5.88 Å². The lowest BCUT2D eigenvalue weighted by Gasteiger charge is -2.07. The fraction of sp³-hybridized carbons (Fsp3) is 0.125. The van der Waals surface area contributed by atoms with Gasteiger partial charge in [-0.2, -0.15) is 13.9 Å². The van der Waals surface area contributed by atoms with Gasteiger partial charge in [0.05, 0.1) is 27.8 Å². The van der Waals surface area contributed by atoms with Gasteiger partial charge in [-0.15, -0.1) is 11.3 Å². The van der Waals surface area contributed by atoms with Gasteiger partial charge in [0.25, 0.3) is 0 Å². The van der Waals surface area contributed by atoms with E-state index in [1.807, 2.05) is 19.1 Å². The van der Waals surface area contributed by atoms with Crippen molar-refractivity contribution >= 4 is 22.4 Å². The molecule has 0 saturated carbocycles. The number of aryl methyl sites for hydroxylation is 1. The first kappa shape index (κ1) is 15.6. The molecule has 1 aromatic carbocycles. The number of H-pyrrole nitrogens is 1. The monoisotopic (exact) mass is 359 g/mol. The molecule has 0 radical (unpaired) electrons. The molecule has 0 atom stereocenters. The maximum atomic E-state index is 12.4. The van der Waals surface area contributed by atoms with Gasteiger partial charge in [0.15, 0.2) is 0 Å². The van der Waals surface area contributed by atoms with Crippen molar-refractivity contribution in [2.75, 3.05) is 0 Å². The molecule has 0 unspecified atom stereocenters. The number of fused-ring (bicyclic) bond motifs is 1. The van der Waals surface area contributed by atoms with Gasteiger partial charge in [0.1, 0.15) is 5.01 Å². The third-order valence-corrected chi connectivity index (χ3v) is 4.54. The highest BCUT2D eigenvalue weighted by Crippen LogP contribution is 2.35. The zero-order chi connectivity index (χ0) is 17.4. The summed E-state index contributed by atoms with van der Waals surface area (Å²) in [6.45, 7) is -1.04. The summed E-state index contributed by atoms with van der Waals surface area (Å²) in [5.74, 6) is -0.212. The maximum Gasteiger partial charge on any atom is 0.388 e. The van der Waals surface area contributed by atoms with E-state index in [1.165, 1.54) is 17.5 Å². The zero-order valence-electron chi connectivity index (χ0n) is 12.9. The number of aromatic amines is 1. The van der Waals surface area contributed by atoms with Crippen molar-refractivity contribution < 1.29 is 13.5 Å². The molecule has 0 aliphatic rings. The molecule has 0 amide bonds. The van der Waals surface area contributed by atoms with Crippen LogP contribution in [0.2, 0.25) is 0 Å². The molecule has 0 aliphatic heterocycles. The van der Waals surface area contributed by atoms with Gasteiger partial charge in [-0.3, -0.25) is 5.10 Å². The number of thiazole rings is 1. The van der Waals surface area contributed by atoms with Crippen LogP contribution >= 0.6 is 11.3 Å². The molecular weight excluding hydrogens is 348 g/mol. The Kier molecular flexibility index (Phi) is 3.85. The van der Waals surface area contributed by atoms with Crippen molar-refractivity contribution in [2.45, 2.75) is 13.5 Å². The number of alkyl halides is 2. The molecule has 1 N–H and O–H groups in total. The van der Waals surface area contributed by atoms with E-state index in [9.17, 15) is 8.78 Å². The molecule has 6 nitrogen and oxygen atoms in total. The second-order valence-electron chi connectivity index (χ2n) is 5.27. The van der Waals surface area contributed by atoms with Crippen molar-refractivity contribution in [1.82, 2.24) is 25.1 Å². The first-order valence-electron chi connectivity index (χ1n) is 7.28. The Hall–Kier alpha value is -2.94. The Morgan fingerprint density at radius 1 is 1.20 bits per heavy atom. The highest BCUT2D eigenvalue weighted by atomic mass is 32.1. The van der Waals surface area contributed by atoms with E-state index < -0.39 is 6.61 Å². The molecule has 0 aliphatic carbocycles. The average molecular weight is 359 g/mol. The molecule has 3 heterocycles. The predicted molar refractivity (Wildman–Crippen MR) is 89.6 cm³/mol. The van der Waals surface area contributed by atoms with Crippen LogP contribution in [0.5, 0.6) is 5.88 Å². The number of hydrogen-bond acceptors (Lipinski definition) is 6. The van der Waals surface area contributed by atoms with E-state index in [2.05, 4.69) is 29.9 Å². The Labute approximate surface area is 144 Å². The Morgan fingerprint density at radius 2 is 2.08 bits per heavy atom. The molecule has 4 aromatic rings. The fourth-order valence-electron chi connectivity index (χ4n) is 2.48. The van der Waals surface area contributed by atoms with Crippen molar-refractivity contribution in [2.24, 2.45) is 0 Å². The summed E-state index contributed by atoms with van der Waals surface area (Å²) in [7, 11) is 0. The molecule has 0 saturated heterocycles. The Morgan fingerprint density at radius 3 is 2.84 bits per heavy atom. The topological polar surface area (TPSA) is 76.6 Å². The lowest BCUT2D eigenvalue weighted by molar-refractivity contribution is -0.0528. The van der Waals surface area contributed by atoms with Crippen molar-refractivity contribution in [3.63, 3.8) is 0 Å². The summed E-state index contributed by atoms with van der Waals surface area (Å²) < 4.78 is 29.1. The minimum Gasteiger partial charge on any atom is -0.415 e. The number of nitrogens with one attached hydrogen (secondary N) is 1. The van der Waals surface area contributed by atoms with Crippen molar-refractivity contribution in [3.05, 3.63) is 42.4 Å². The molecule has 25 heavy (non-hydrogen) atoms. The van der Waals surface area contributed by atoms with Gasteiger partial charge in [-0.05, 0) is 30.7 Å². The second-order valence-corrected chi connectivity index (χ2v) is 6.30. The molecular formula is C16H11F2N5OS. The number of rotatable bonds is 4. The quantitative estimate of drug-likeness (QED) is 0.595. The molecule has 3 aromatic heterocycles. The van der Waals surface area contributed by atoms with E-state index in [0.29, 0.717) is 11.0 Å². The number of nitrogens with zero attached hydrogens (tertiary/aromatic N) is 4. The summed E-state index contributed by atoms with van der Waals surface area (Å²) in [5, 5.41) is 7.59. The molecule has 126 valence electrons. The third-order valence-electron chi connectivity index (χ3n) is 3.48. The second kappa shape index (κ2) is 6.17. The first-order valence-corrected chi connectivity index (χ1v) is 8.10. The molecule has 9 heteroatoms. The van der Waals surface area contributed by atoms with E-state index in [4.69, 9.17) is 0 Å². The van der Waals surface area contributed by atoms with Crippen LogP contribution in [-0.4, -0.2) is 31.8 Å². The minimum absolute atomic E-state index is 0.212. The fourth-order valence-corrected chi connectivity index (χ4v) is 3.38. The zero-order valence-corrected chi connectivity index (χ0v) is 13.7. The maximum absolute atomic E-state index is 12.4. The van der Waals surface area contributed by atoms with Crippen LogP contribution in [-0.2, 0) is 0 Å². The highest BCUT2D eigenvalue weighted by molar-refractivity contribution is 7.18. The summed E-state index contributed by atoms with van der Waals surface area (Å²) in [6, 6.07) is 5.58. The summed E-state index contributed by atoms with van der Waals surface area (Å²) in [5.41, 5.74) is 3.65. The number of hydrogen-bond donors (Lipinski definition) is 1. The minimum atomic E-state index is -2.94. The Balaban J connectivity index is 1.81. The molecule has 0 fully saturated rings. The lowest BCUT2D eigenvalue weighted by Crippen LogP contribution is -2.04. The van der Waals surface area contributed by atoms with Crippen molar-refractivity contribution in [1.29, 1.82) is 0 Å². The van der Waals surface area contributed by atoms with Crippen LogP contribution in [0.1, 0.15) is 5.56 Å². The van der Waals surface area contributed by atoms with E-state index in [1.54, 1.807) is 18.5 Å².